The van der Waals surface area contributed by atoms with E-state index in [0.717, 1.165) is 5.56 Å². The van der Waals surface area contributed by atoms with Crippen LogP contribution in [-0.2, 0) is 0 Å². The van der Waals surface area contributed by atoms with E-state index in [1.54, 1.807) is 20.3 Å². The Morgan fingerprint density at radius 3 is 2.67 bits per heavy atom. The average Bonchev–Trinajstić information content (AvgIpc) is 2.42. The summed E-state index contributed by atoms with van der Waals surface area (Å²) in [6, 6.07) is 2.86. The Morgan fingerprint density at radius 2 is 2.10 bits per heavy atom. The second-order valence-electron chi connectivity index (χ2n) is 5.25. The minimum absolute atomic E-state index is 0.495. The Balaban J connectivity index is 2.57. The third kappa shape index (κ3) is 3.01. The van der Waals surface area contributed by atoms with Crippen LogP contribution in [0.4, 0.5) is 4.79 Å². The van der Waals surface area contributed by atoms with Crippen molar-refractivity contribution in [2.24, 2.45) is 10.8 Å². The number of hydrazone groups is 1. The molecule has 21 heavy (non-hydrogen) atoms. The Labute approximate surface area is 123 Å². The molecule has 2 rings (SSSR count). The first-order valence-electron chi connectivity index (χ1n) is 6.44. The van der Waals surface area contributed by atoms with Crippen molar-refractivity contribution >= 4 is 11.7 Å². The standard InChI is InChI=1S/C14H19N3O4/c1-14(2)7-9(16-17-13(15)18)8-5-6-10(19-3)12(20-4)11(8)21-14/h5-6H,7H2,1-4H3,(H3,15,17,18)/b16-9-. The molecule has 1 aliphatic rings. The van der Waals surface area contributed by atoms with E-state index in [-0.39, 0.29) is 0 Å². The molecule has 1 aromatic carbocycles. The monoisotopic (exact) mass is 293 g/mol. The zero-order valence-corrected chi connectivity index (χ0v) is 12.5. The summed E-state index contributed by atoms with van der Waals surface area (Å²) in [7, 11) is 3.10. The normalized spacial score (nSPS) is 17.6. The molecule has 0 atom stereocenters. The number of nitrogens with zero attached hydrogens (tertiary/aromatic N) is 1. The van der Waals surface area contributed by atoms with Gasteiger partial charge in [-0.15, -0.1) is 0 Å². The number of ether oxygens (including phenoxy) is 3. The number of nitrogens with two attached hydrogens (primary N) is 1. The van der Waals surface area contributed by atoms with Crippen LogP contribution in [0.3, 0.4) is 0 Å². The van der Waals surface area contributed by atoms with Gasteiger partial charge in [0.25, 0.3) is 0 Å². The summed E-state index contributed by atoms with van der Waals surface area (Å²) in [5.41, 5.74) is 8.23. The number of hydrogen-bond acceptors (Lipinski definition) is 5. The number of fused-ring (bicyclic) bond motifs is 1. The molecule has 0 radical (unpaired) electrons. The predicted octanol–water partition coefficient (Wildman–Crippen LogP) is 1.64. The lowest BCUT2D eigenvalue weighted by molar-refractivity contribution is 0.105. The van der Waals surface area contributed by atoms with Gasteiger partial charge < -0.3 is 19.9 Å². The quantitative estimate of drug-likeness (QED) is 0.828. The van der Waals surface area contributed by atoms with Crippen molar-refractivity contribution in [2.75, 3.05) is 14.2 Å². The largest absolute Gasteiger partial charge is 0.493 e. The van der Waals surface area contributed by atoms with Crippen LogP contribution in [0.5, 0.6) is 17.2 Å². The molecule has 0 spiro atoms. The topological polar surface area (TPSA) is 95.2 Å². The SMILES string of the molecule is COc1ccc2c(c1OC)OC(C)(C)C/C2=N/NC(N)=O. The number of hydrogen-bond donors (Lipinski definition) is 2. The molecule has 114 valence electrons. The highest BCUT2D eigenvalue weighted by atomic mass is 16.5. The van der Waals surface area contributed by atoms with E-state index in [2.05, 4.69) is 10.5 Å². The molecule has 2 amide bonds. The number of methoxy groups -OCH3 is 2. The maximum absolute atomic E-state index is 10.9. The zero-order valence-electron chi connectivity index (χ0n) is 12.5. The molecular formula is C14H19N3O4. The van der Waals surface area contributed by atoms with Crippen molar-refractivity contribution in [1.82, 2.24) is 5.43 Å². The lowest BCUT2D eigenvalue weighted by atomic mass is 9.92. The number of primary amides is 1. The number of rotatable bonds is 3. The number of carbonyl (C=O) groups excluding carboxylic acids is 1. The second-order valence-corrected chi connectivity index (χ2v) is 5.25. The van der Waals surface area contributed by atoms with Crippen molar-refractivity contribution in [2.45, 2.75) is 25.9 Å². The van der Waals surface area contributed by atoms with Crippen LogP contribution in [0.2, 0.25) is 0 Å². The zero-order chi connectivity index (χ0) is 15.6. The third-order valence-corrected chi connectivity index (χ3v) is 3.08. The Kier molecular flexibility index (Phi) is 3.93. The van der Waals surface area contributed by atoms with Gasteiger partial charge in [0.1, 0.15) is 5.60 Å². The van der Waals surface area contributed by atoms with Crippen LogP contribution in [0, 0.1) is 0 Å². The first-order chi connectivity index (χ1) is 9.88. The van der Waals surface area contributed by atoms with Crippen LogP contribution >= 0.6 is 0 Å². The van der Waals surface area contributed by atoms with Gasteiger partial charge in [-0.05, 0) is 26.0 Å². The minimum Gasteiger partial charge on any atom is -0.493 e. The van der Waals surface area contributed by atoms with E-state index >= 15 is 0 Å². The lowest BCUT2D eigenvalue weighted by Crippen LogP contribution is -2.38. The Hall–Kier alpha value is -2.44. The van der Waals surface area contributed by atoms with E-state index in [4.69, 9.17) is 19.9 Å². The second kappa shape index (κ2) is 5.51. The van der Waals surface area contributed by atoms with Crippen molar-refractivity contribution in [3.05, 3.63) is 17.7 Å². The molecule has 0 aliphatic carbocycles. The third-order valence-electron chi connectivity index (χ3n) is 3.08. The molecule has 0 saturated carbocycles. The van der Waals surface area contributed by atoms with Crippen molar-refractivity contribution < 1.29 is 19.0 Å². The minimum atomic E-state index is -0.714. The fourth-order valence-electron chi connectivity index (χ4n) is 2.26. The molecule has 7 heteroatoms. The van der Waals surface area contributed by atoms with Crippen molar-refractivity contribution in [3.63, 3.8) is 0 Å². The molecule has 1 aromatic rings. The molecular weight excluding hydrogens is 274 g/mol. The molecule has 0 saturated heterocycles. The highest BCUT2D eigenvalue weighted by Gasteiger charge is 2.34. The molecule has 0 fully saturated rings. The maximum Gasteiger partial charge on any atom is 0.332 e. The number of nitrogens with one attached hydrogen (secondary N) is 1. The summed E-state index contributed by atoms with van der Waals surface area (Å²) in [5, 5.41) is 4.07. The lowest BCUT2D eigenvalue weighted by Gasteiger charge is -2.34. The summed E-state index contributed by atoms with van der Waals surface area (Å²) >= 11 is 0. The molecule has 7 nitrogen and oxygen atoms in total. The predicted molar refractivity (Wildman–Crippen MR) is 78.1 cm³/mol. The van der Waals surface area contributed by atoms with Crippen LogP contribution in [0.15, 0.2) is 17.2 Å². The Morgan fingerprint density at radius 1 is 1.38 bits per heavy atom. The van der Waals surface area contributed by atoms with Gasteiger partial charge in [0.15, 0.2) is 11.5 Å². The molecule has 0 aromatic heterocycles. The van der Waals surface area contributed by atoms with E-state index in [1.807, 2.05) is 19.9 Å². The van der Waals surface area contributed by atoms with Crippen LogP contribution < -0.4 is 25.4 Å². The summed E-state index contributed by atoms with van der Waals surface area (Å²) in [5.74, 6) is 1.60. The van der Waals surface area contributed by atoms with E-state index in [1.165, 1.54) is 0 Å². The van der Waals surface area contributed by atoms with Crippen LogP contribution in [0.1, 0.15) is 25.8 Å². The molecule has 1 heterocycles. The Bertz CT molecular complexity index is 596. The van der Waals surface area contributed by atoms with Gasteiger partial charge in [-0.25, -0.2) is 10.2 Å². The fraction of sp³-hybridized carbons (Fsp3) is 0.429. The van der Waals surface area contributed by atoms with Gasteiger partial charge in [-0.1, -0.05) is 0 Å². The highest BCUT2D eigenvalue weighted by Crippen LogP contribution is 2.45. The number of urea groups is 1. The maximum atomic E-state index is 10.9. The van der Waals surface area contributed by atoms with Gasteiger partial charge in [0, 0.05) is 12.0 Å². The highest BCUT2D eigenvalue weighted by molar-refractivity contribution is 6.05. The molecule has 3 N–H and O–H groups in total. The van der Waals surface area contributed by atoms with Gasteiger partial charge in [-0.2, -0.15) is 5.10 Å². The van der Waals surface area contributed by atoms with E-state index in [9.17, 15) is 4.79 Å². The van der Waals surface area contributed by atoms with Crippen molar-refractivity contribution in [1.29, 1.82) is 0 Å². The summed E-state index contributed by atoms with van der Waals surface area (Å²) in [4.78, 5) is 10.9. The molecule has 0 unspecified atom stereocenters. The smallest absolute Gasteiger partial charge is 0.332 e. The first kappa shape index (κ1) is 15.0. The van der Waals surface area contributed by atoms with E-state index in [0.29, 0.717) is 29.4 Å². The molecule has 1 aliphatic heterocycles. The van der Waals surface area contributed by atoms with E-state index < -0.39 is 11.6 Å². The van der Waals surface area contributed by atoms with Gasteiger partial charge >= 0.3 is 6.03 Å². The van der Waals surface area contributed by atoms with Crippen LogP contribution in [0.25, 0.3) is 0 Å². The number of carbonyl (C=O) groups is 1. The average molecular weight is 293 g/mol. The van der Waals surface area contributed by atoms with Gasteiger partial charge in [-0.3, -0.25) is 0 Å². The fourth-order valence-corrected chi connectivity index (χ4v) is 2.26. The van der Waals surface area contributed by atoms with Crippen LogP contribution in [-0.4, -0.2) is 31.6 Å². The summed E-state index contributed by atoms with van der Waals surface area (Å²) in [6.45, 7) is 3.85. The van der Waals surface area contributed by atoms with Gasteiger partial charge in [0.2, 0.25) is 5.75 Å². The number of benzene rings is 1. The first-order valence-corrected chi connectivity index (χ1v) is 6.44. The molecule has 0 bridgehead atoms. The number of amides is 2. The summed E-state index contributed by atoms with van der Waals surface area (Å²) in [6.07, 6.45) is 0.524. The van der Waals surface area contributed by atoms with Crippen molar-refractivity contribution in [3.8, 4) is 17.2 Å². The summed E-state index contributed by atoms with van der Waals surface area (Å²) < 4.78 is 16.6. The van der Waals surface area contributed by atoms with Gasteiger partial charge in [0.05, 0.1) is 19.9 Å².